The van der Waals surface area contributed by atoms with E-state index < -0.39 is 0 Å². The summed E-state index contributed by atoms with van der Waals surface area (Å²) < 4.78 is 0. The van der Waals surface area contributed by atoms with Crippen molar-refractivity contribution >= 4 is 5.91 Å². The van der Waals surface area contributed by atoms with Crippen LogP contribution in [0.15, 0.2) is 0 Å². The molecule has 3 heteroatoms. The molecule has 0 aromatic heterocycles. The second-order valence-corrected chi connectivity index (χ2v) is 9.17. The van der Waals surface area contributed by atoms with Crippen LogP contribution in [-0.2, 0) is 4.79 Å². The smallest absolute Gasteiger partial charge is 0.223 e. The summed E-state index contributed by atoms with van der Waals surface area (Å²) in [5.41, 5.74) is 6.43. The first-order chi connectivity index (χ1) is 9.99. The Morgan fingerprint density at radius 3 is 2.19 bits per heavy atom. The van der Waals surface area contributed by atoms with Crippen LogP contribution in [0.5, 0.6) is 0 Å². The minimum absolute atomic E-state index is 0.164. The van der Waals surface area contributed by atoms with Crippen molar-refractivity contribution in [1.82, 2.24) is 4.90 Å². The average molecular weight is 290 g/mol. The molecule has 5 fully saturated rings. The van der Waals surface area contributed by atoms with Gasteiger partial charge in [0, 0.05) is 19.5 Å². The van der Waals surface area contributed by atoms with Crippen LogP contribution in [0, 0.1) is 28.6 Å². The molecule has 1 unspecified atom stereocenters. The molecular weight excluding hydrogens is 260 g/mol. The molecule has 1 heterocycles. The predicted molar refractivity (Wildman–Crippen MR) is 83.6 cm³/mol. The lowest BCUT2D eigenvalue weighted by molar-refractivity contribution is -0.138. The maximum absolute atomic E-state index is 12.8. The molecule has 4 saturated carbocycles. The number of amides is 1. The maximum atomic E-state index is 12.8. The van der Waals surface area contributed by atoms with E-state index in [0.29, 0.717) is 17.9 Å². The summed E-state index contributed by atoms with van der Waals surface area (Å²) in [5.74, 6) is 3.25. The molecule has 0 aromatic rings. The molecule has 2 N–H and O–H groups in total. The van der Waals surface area contributed by atoms with E-state index in [1.807, 2.05) is 0 Å². The lowest BCUT2D eigenvalue weighted by Gasteiger charge is -2.57. The number of nitrogens with zero attached hydrogens (tertiary/aromatic N) is 1. The van der Waals surface area contributed by atoms with Gasteiger partial charge in [0.1, 0.15) is 0 Å². The van der Waals surface area contributed by atoms with Gasteiger partial charge in [0.15, 0.2) is 0 Å². The van der Waals surface area contributed by atoms with Crippen LogP contribution in [0.3, 0.4) is 0 Å². The van der Waals surface area contributed by atoms with Gasteiger partial charge in [-0.1, -0.05) is 6.92 Å². The Bertz CT molecular complexity index is 411. The fraction of sp³-hybridized carbons (Fsp3) is 0.944. The minimum Gasteiger partial charge on any atom is -0.342 e. The third-order valence-electron chi connectivity index (χ3n) is 7.09. The van der Waals surface area contributed by atoms with Gasteiger partial charge in [-0.15, -0.1) is 0 Å². The van der Waals surface area contributed by atoms with Gasteiger partial charge >= 0.3 is 0 Å². The number of rotatable bonds is 3. The van der Waals surface area contributed by atoms with Crippen LogP contribution < -0.4 is 5.73 Å². The van der Waals surface area contributed by atoms with Crippen LogP contribution in [-0.4, -0.2) is 30.4 Å². The number of hydrogen-bond donors (Lipinski definition) is 1. The highest BCUT2D eigenvalue weighted by Crippen LogP contribution is 2.61. The van der Waals surface area contributed by atoms with Crippen molar-refractivity contribution in [3.05, 3.63) is 0 Å². The highest BCUT2D eigenvalue weighted by Gasteiger charge is 2.52. The fourth-order valence-corrected chi connectivity index (χ4v) is 6.34. The predicted octanol–water partition coefficient (Wildman–Crippen LogP) is 2.79. The molecule has 1 saturated heterocycles. The van der Waals surface area contributed by atoms with Gasteiger partial charge in [-0.25, -0.2) is 0 Å². The third-order valence-corrected chi connectivity index (χ3v) is 7.09. The Balaban J connectivity index is 1.43. The number of likely N-dealkylation sites (tertiary alicyclic amines) is 1. The Morgan fingerprint density at radius 1 is 1.14 bits per heavy atom. The number of hydrogen-bond acceptors (Lipinski definition) is 2. The molecule has 0 spiro atoms. The lowest BCUT2D eigenvalue weighted by atomic mass is 9.49. The zero-order valence-corrected chi connectivity index (χ0v) is 13.4. The number of carbonyl (C=O) groups is 1. The molecule has 118 valence electrons. The third kappa shape index (κ3) is 2.42. The minimum atomic E-state index is 0.164. The molecule has 1 aliphatic heterocycles. The van der Waals surface area contributed by atoms with Crippen molar-refractivity contribution in [1.29, 1.82) is 0 Å². The summed E-state index contributed by atoms with van der Waals surface area (Å²) in [7, 11) is 0. The fourth-order valence-electron chi connectivity index (χ4n) is 6.34. The standard InChI is InChI=1S/C18H30N2O/c1-17(11-19)2-3-20(12-17)16(21)10-18-7-13-4-14(8-18)6-15(5-13)9-18/h13-15H,2-12,19H2,1H3. The first-order valence-electron chi connectivity index (χ1n) is 8.97. The van der Waals surface area contributed by atoms with Gasteiger partial charge in [-0.2, -0.15) is 0 Å². The highest BCUT2D eigenvalue weighted by molar-refractivity contribution is 5.77. The maximum Gasteiger partial charge on any atom is 0.223 e. The van der Waals surface area contributed by atoms with E-state index >= 15 is 0 Å². The molecule has 1 amide bonds. The molecule has 0 radical (unpaired) electrons. The molecule has 21 heavy (non-hydrogen) atoms. The largest absolute Gasteiger partial charge is 0.342 e. The van der Waals surface area contributed by atoms with Crippen molar-refractivity contribution in [2.45, 2.75) is 58.3 Å². The monoisotopic (exact) mass is 290 g/mol. The van der Waals surface area contributed by atoms with Crippen molar-refractivity contribution in [3.8, 4) is 0 Å². The van der Waals surface area contributed by atoms with Gasteiger partial charge in [-0.05, 0) is 80.1 Å². The first kappa shape index (κ1) is 14.0. The van der Waals surface area contributed by atoms with E-state index in [-0.39, 0.29) is 5.41 Å². The molecule has 1 atom stereocenters. The average Bonchev–Trinajstić information content (AvgIpc) is 2.80. The van der Waals surface area contributed by atoms with Crippen LogP contribution in [0.4, 0.5) is 0 Å². The molecule has 3 nitrogen and oxygen atoms in total. The van der Waals surface area contributed by atoms with Crippen LogP contribution in [0.25, 0.3) is 0 Å². The summed E-state index contributed by atoms with van der Waals surface area (Å²) in [6, 6.07) is 0. The summed E-state index contributed by atoms with van der Waals surface area (Å²) in [4.78, 5) is 14.9. The summed E-state index contributed by atoms with van der Waals surface area (Å²) in [6.07, 6.45) is 10.3. The second kappa shape index (κ2) is 4.71. The normalized spacial score (nSPS) is 48.1. The van der Waals surface area contributed by atoms with E-state index in [1.165, 1.54) is 38.5 Å². The SMILES string of the molecule is CC1(CN)CCN(C(=O)CC23CC4CC(CC(C4)C2)C3)C1. The van der Waals surface area contributed by atoms with E-state index in [0.717, 1.165) is 43.7 Å². The summed E-state index contributed by atoms with van der Waals surface area (Å²) in [5, 5.41) is 0. The van der Waals surface area contributed by atoms with Crippen LogP contribution >= 0.6 is 0 Å². The van der Waals surface area contributed by atoms with Gasteiger partial charge in [0.05, 0.1) is 0 Å². The number of carbonyl (C=O) groups excluding carboxylic acids is 1. The second-order valence-electron chi connectivity index (χ2n) is 9.17. The van der Waals surface area contributed by atoms with E-state index in [2.05, 4.69) is 11.8 Å². The summed E-state index contributed by atoms with van der Waals surface area (Å²) in [6.45, 7) is 4.74. The van der Waals surface area contributed by atoms with Gasteiger partial charge in [0.25, 0.3) is 0 Å². The molecule has 4 aliphatic carbocycles. The molecule has 5 aliphatic rings. The lowest BCUT2D eigenvalue weighted by Crippen LogP contribution is -2.48. The molecule has 4 bridgehead atoms. The molecule has 0 aromatic carbocycles. The van der Waals surface area contributed by atoms with E-state index in [9.17, 15) is 4.79 Å². The Hall–Kier alpha value is -0.570. The van der Waals surface area contributed by atoms with Crippen LogP contribution in [0.2, 0.25) is 0 Å². The highest BCUT2D eigenvalue weighted by atomic mass is 16.2. The first-order valence-corrected chi connectivity index (χ1v) is 8.97. The van der Waals surface area contributed by atoms with Gasteiger partial charge < -0.3 is 10.6 Å². The quantitative estimate of drug-likeness (QED) is 0.869. The molecular formula is C18H30N2O. The van der Waals surface area contributed by atoms with Crippen molar-refractivity contribution in [3.63, 3.8) is 0 Å². The molecule has 5 rings (SSSR count). The van der Waals surface area contributed by atoms with Crippen LogP contribution in [0.1, 0.15) is 58.3 Å². The van der Waals surface area contributed by atoms with Gasteiger partial charge in [0.2, 0.25) is 5.91 Å². The zero-order chi connectivity index (χ0) is 14.7. The Labute approximate surface area is 128 Å². The summed E-state index contributed by atoms with van der Waals surface area (Å²) >= 11 is 0. The Morgan fingerprint density at radius 2 is 1.71 bits per heavy atom. The van der Waals surface area contributed by atoms with Crippen molar-refractivity contribution < 1.29 is 4.79 Å². The van der Waals surface area contributed by atoms with Crippen molar-refractivity contribution in [2.75, 3.05) is 19.6 Å². The van der Waals surface area contributed by atoms with Gasteiger partial charge in [-0.3, -0.25) is 4.79 Å². The van der Waals surface area contributed by atoms with E-state index in [1.54, 1.807) is 0 Å². The Kier molecular flexibility index (Phi) is 3.15. The number of nitrogens with two attached hydrogens (primary N) is 1. The topological polar surface area (TPSA) is 46.3 Å². The van der Waals surface area contributed by atoms with E-state index in [4.69, 9.17) is 5.73 Å². The zero-order valence-electron chi connectivity index (χ0n) is 13.4. The van der Waals surface area contributed by atoms with Crippen molar-refractivity contribution in [2.24, 2.45) is 34.3 Å².